The van der Waals surface area contributed by atoms with Crippen molar-refractivity contribution < 1.29 is 9.15 Å². The maximum Gasteiger partial charge on any atom is 0.251 e. The molecule has 2 heterocycles. The highest BCUT2D eigenvalue weighted by Crippen LogP contribution is 2.41. The van der Waals surface area contributed by atoms with Gasteiger partial charge < -0.3 is 9.15 Å². The molecule has 0 bridgehead atoms. The zero-order valence-electron chi connectivity index (χ0n) is 14.3. The molecule has 25 heavy (non-hydrogen) atoms. The lowest BCUT2D eigenvalue weighted by Gasteiger charge is -2.11. The van der Waals surface area contributed by atoms with E-state index >= 15 is 0 Å². The Labute approximate surface area is 145 Å². The van der Waals surface area contributed by atoms with Gasteiger partial charge in [0, 0.05) is 11.1 Å². The maximum atomic E-state index is 5.86. The van der Waals surface area contributed by atoms with E-state index in [4.69, 9.17) is 9.15 Å². The molecule has 0 aliphatic carbocycles. The van der Waals surface area contributed by atoms with Crippen molar-refractivity contribution in [1.82, 2.24) is 10.2 Å². The molecular weight excluding hydrogens is 316 g/mol. The molecule has 0 N–H and O–H groups in total. The Bertz CT molecular complexity index is 946. The molecule has 1 aliphatic rings. The lowest BCUT2D eigenvalue weighted by Crippen LogP contribution is -2.00. The van der Waals surface area contributed by atoms with Gasteiger partial charge in [-0.2, -0.15) is 10.2 Å². The van der Waals surface area contributed by atoms with Crippen LogP contribution in [0.2, 0.25) is 0 Å². The molecule has 0 amide bonds. The molecule has 1 unspecified atom stereocenters. The van der Waals surface area contributed by atoms with E-state index in [1.54, 1.807) is 7.11 Å². The first-order valence-corrected chi connectivity index (χ1v) is 8.19. The van der Waals surface area contributed by atoms with Crippen LogP contribution in [0.25, 0.3) is 22.9 Å². The SMILES string of the molecule is COc1ccccc1-c1nnc(-c2ccc3c(c2)N=NC3C(C)C)o1. The average molecular weight is 334 g/mol. The van der Waals surface area contributed by atoms with Crippen LogP contribution >= 0.6 is 0 Å². The lowest BCUT2D eigenvalue weighted by atomic mass is 9.95. The van der Waals surface area contributed by atoms with Crippen LogP contribution in [0, 0.1) is 5.92 Å². The summed E-state index contributed by atoms with van der Waals surface area (Å²) >= 11 is 0. The molecule has 1 atom stereocenters. The first kappa shape index (κ1) is 15.5. The Morgan fingerprint density at radius 3 is 2.64 bits per heavy atom. The summed E-state index contributed by atoms with van der Waals surface area (Å²) in [6.45, 7) is 4.29. The standard InChI is InChI=1S/C19H18N4O2/c1-11(2)17-13-9-8-12(10-15(13)20-21-17)18-22-23-19(25-18)14-6-4-5-7-16(14)24-3/h4-11,17H,1-3H3. The van der Waals surface area contributed by atoms with Gasteiger partial charge in [-0.1, -0.05) is 32.0 Å². The van der Waals surface area contributed by atoms with E-state index in [2.05, 4.69) is 34.3 Å². The summed E-state index contributed by atoms with van der Waals surface area (Å²) in [5.74, 6) is 1.98. The summed E-state index contributed by atoms with van der Waals surface area (Å²) in [7, 11) is 1.62. The van der Waals surface area contributed by atoms with Crippen LogP contribution < -0.4 is 4.74 Å². The number of hydrogen-bond donors (Lipinski definition) is 0. The van der Waals surface area contributed by atoms with Gasteiger partial charge >= 0.3 is 0 Å². The van der Waals surface area contributed by atoms with Crippen molar-refractivity contribution in [2.45, 2.75) is 19.9 Å². The number of methoxy groups -OCH3 is 1. The summed E-state index contributed by atoms with van der Waals surface area (Å²) in [6.07, 6.45) is 0. The Morgan fingerprint density at radius 2 is 1.84 bits per heavy atom. The second kappa shape index (κ2) is 6.12. The minimum absolute atomic E-state index is 0.121. The summed E-state index contributed by atoms with van der Waals surface area (Å²) in [5.41, 5.74) is 3.61. The van der Waals surface area contributed by atoms with Crippen LogP contribution in [0.1, 0.15) is 25.5 Å². The number of nitrogens with zero attached hydrogens (tertiary/aromatic N) is 4. The molecule has 0 saturated carbocycles. The summed E-state index contributed by atoms with van der Waals surface area (Å²) < 4.78 is 11.2. The number of ether oxygens (including phenoxy) is 1. The Kier molecular flexibility index (Phi) is 3.80. The zero-order valence-corrected chi connectivity index (χ0v) is 14.3. The highest BCUT2D eigenvalue weighted by atomic mass is 16.5. The minimum Gasteiger partial charge on any atom is -0.496 e. The highest BCUT2D eigenvalue weighted by molar-refractivity contribution is 5.67. The number of hydrogen-bond acceptors (Lipinski definition) is 6. The van der Waals surface area contributed by atoms with Crippen molar-refractivity contribution in [1.29, 1.82) is 0 Å². The minimum atomic E-state index is 0.121. The van der Waals surface area contributed by atoms with Gasteiger partial charge in [-0.3, -0.25) is 0 Å². The summed E-state index contributed by atoms with van der Waals surface area (Å²) in [4.78, 5) is 0. The lowest BCUT2D eigenvalue weighted by molar-refractivity contribution is 0.414. The van der Waals surface area contributed by atoms with E-state index in [0.29, 0.717) is 23.4 Å². The molecule has 0 saturated heterocycles. The van der Waals surface area contributed by atoms with Crippen LogP contribution in [0.15, 0.2) is 57.1 Å². The van der Waals surface area contributed by atoms with Crippen LogP contribution in [0.4, 0.5) is 5.69 Å². The number of azo groups is 1. The molecule has 0 radical (unpaired) electrons. The van der Waals surface area contributed by atoms with E-state index in [1.165, 1.54) is 0 Å². The van der Waals surface area contributed by atoms with Gasteiger partial charge in [0.15, 0.2) is 0 Å². The van der Waals surface area contributed by atoms with Gasteiger partial charge in [-0.25, -0.2) is 0 Å². The maximum absolute atomic E-state index is 5.86. The molecule has 6 nitrogen and oxygen atoms in total. The normalized spacial score (nSPS) is 15.6. The number of para-hydroxylation sites is 1. The number of fused-ring (bicyclic) bond motifs is 1. The van der Waals surface area contributed by atoms with E-state index in [9.17, 15) is 0 Å². The Morgan fingerprint density at radius 1 is 1.04 bits per heavy atom. The van der Waals surface area contributed by atoms with Crippen LogP contribution in [-0.4, -0.2) is 17.3 Å². The van der Waals surface area contributed by atoms with Crippen LogP contribution in [0.3, 0.4) is 0 Å². The van der Waals surface area contributed by atoms with Crippen LogP contribution in [0.5, 0.6) is 5.75 Å². The average Bonchev–Trinajstić information content (AvgIpc) is 3.28. The van der Waals surface area contributed by atoms with Gasteiger partial charge in [0.2, 0.25) is 5.89 Å². The molecular formula is C19H18N4O2. The zero-order chi connectivity index (χ0) is 17.4. The van der Waals surface area contributed by atoms with Crippen LogP contribution in [-0.2, 0) is 0 Å². The molecule has 1 aliphatic heterocycles. The molecule has 6 heteroatoms. The van der Waals surface area contributed by atoms with Gasteiger partial charge in [0.1, 0.15) is 11.8 Å². The second-order valence-corrected chi connectivity index (χ2v) is 6.29. The predicted molar refractivity (Wildman–Crippen MR) is 93.8 cm³/mol. The fourth-order valence-electron chi connectivity index (χ4n) is 2.96. The Hall–Kier alpha value is -3.02. The first-order valence-electron chi connectivity index (χ1n) is 8.19. The molecule has 3 aromatic rings. The van der Waals surface area contributed by atoms with Gasteiger partial charge in [0.05, 0.1) is 18.4 Å². The molecule has 126 valence electrons. The molecule has 2 aromatic carbocycles. The number of aromatic nitrogens is 2. The van der Waals surface area contributed by atoms with Crippen molar-refractivity contribution in [2.24, 2.45) is 16.1 Å². The summed E-state index contributed by atoms with van der Waals surface area (Å²) in [6, 6.07) is 13.6. The molecule has 0 spiro atoms. The third-order valence-corrected chi connectivity index (χ3v) is 4.28. The van der Waals surface area contributed by atoms with Gasteiger partial charge in [-0.05, 0) is 30.2 Å². The largest absolute Gasteiger partial charge is 0.496 e. The van der Waals surface area contributed by atoms with Crippen molar-refractivity contribution in [3.8, 4) is 28.7 Å². The van der Waals surface area contributed by atoms with Crippen molar-refractivity contribution in [3.63, 3.8) is 0 Å². The van der Waals surface area contributed by atoms with E-state index in [-0.39, 0.29) is 6.04 Å². The van der Waals surface area contributed by atoms with Gasteiger partial charge in [-0.15, -0.1) is 10.2 Å². The monoisotopic (exact) mass is 334 g/mol. The molecule has 0 fully saturated rings. The van der Waals surface area contributed by atoms with E-state index in [0.717, 1.165) is 22.4 Å². The topological polar surface area (TPSA) is 72.9 Å². The quantitative estimate of drug-likeness (QED) is 0.657. The van der Waals surface area contributed by atoms with E-state index in [1.807, 2.05) is 42.5 Å². The fourth-order valence-corrected chi connectivity index (χ4v) is 2.96. The summed E-state index contributed by atoms with van der Waals surface area (Å²) in [5, 5.41) is 17.0. The molecule has 4 rings (SSSR count). The highest BCUT2D eigenvalue weighted by Gasteiger charge is 2.24. The third-order valence-electron chi connectivity index (χ3n) is 4.28. The van der Waals surface area contributed by atoms with Crippen molar-refractivity contribution >= 4 is 5.69 Å². The third kappa shape index (κ3) is 2.69. The second-order valence-electron chi connectivity index (χ2n) is 6.29. The first-order chi connectivity index (χ1) is 12.2. The predicted octanol–water partition coefficient (Wildman–Crippen LogP) is 5.21. The Balaban J connectivity index is 1.69. The van der Waals surface area contributed by atoms with E-state index < -0.39 is 0 Å². The number of benzene rings is 2. The van der Waals surface area contributed by atoms with Gasteiger partial charge in [0.25, 0.3) is 5.89 Å². The fraction of sp³-hybridized carbons (Fsp3) is 0.263. The molecule has 1 aromatic heterocycles. The van der Waals surface area contributed by atoms with Crippen molar-refractivity contribution in [3.05, 3.63) is 48.0 Å². The smallest absolute Gasteiger partial charge is 0.251 e. The number of rotatable bonds is 4. The van der Waals surface area contributed by atoms with Crippen molar-refractivity contribution in [2.75, 3.05) is 7.11 Å².